The van der Waals surface area contributed by atoms with E-state index in [-0.39, 0.29) is 0 Å². The van der Waals surface area contributed by atoms with Crippen LogP contribution < -0.4 is 10.6 Å². The number of anilines is 3. The van der Waals surface area contributed by atoms with Crippen LogP contribution in [-0.2, 0) is 0 Å². The summed E-state index contributed by atoms with van der Waals surface area (Å²) in [7, 11) is 4.22. The molecule has 0 aliphatic carbocycles. The van der Waals surface area contributed by atoms with Crippen LogP contribution in [0.25, 0.3) is 22.4 Å². The second-order valence-electron chi connectivity index (χ2n) is 7.19. The zero-order chi connectivity index (χ0) is 19.3. The van der Waals surface area contributed by atoms with Crippen LogP contribution in [0.2, 0.25) is 0 Å². The normalized spacial score (nSPS) is 11.8. The molecule has 3 aromatic heterocycles. The first-order chi connectivity index (χ1) is 13.7. The molecule has 0 amide bonds. The number of aromatic nitrogens is 4. The van der Waals surface area contributed by atoms with Crippen molar-refractivity contribution in [3.05, 3.63) is 43.0 Å². The predicted molar refractivity (Wildman–Crippen MR) is 113 cm³/mol. The van der Waals surface area contributed by atoms with E-state index in [0.717, 1.165) is 53.4 Å². The van der Waals surface area contributed by atoms with Crippen LogP contribution in [0.1, 0.15) is 19.3 Å². The molecular formula is C21H25N7. The van der Waals surface area contributed by atoms with Crippen molar-refractivity contribution in [2.24, 2.45) is 0 Å². The highest BCUT2D eigenvalue weighted by Gasteiger charge is 2.21. The van der Waals surface area contributed by atoms with Gasteiger partial charge in [-0.05, 0) is 51.7 Å². The van der Waals surface area contributed by atoms with E-state index >= 15 is 0 Å². The van der Waals surface area contributed by atoms with Crippen molar-refractivity contribution in [3.8, 4) is 22.4 Å². The smallest absolute Gasteiger partial charge is 0.223 e. The summed E-state index contributed by atoms with van der Waals surface area (Å²) in [5.41, 5.74) is 4.76. The van der Waals surface area contributed by atoms with Crippen molar-refractivity contribution >= 4 is 17.5 Å². The fourth-order valence-corrected chi connectivity index (χ4v) is 3.35. The number of rotatable bonds is 7. The molecule has 0 atom stereocenters. The van der Waals surface area contributed by atoms with Crippen molar-refractivity contribution in [3.63, 3.8) is 0 Å². The third-order valence-corrected chi connectivity index (χ3v) is 4.78. The van der Waals surface area contributed by atoms with Crippen LogP contribution in [0.15, 0.2) is 43.0 Å². The molecule has 28 heavy (non-hydrogen) atoms. The zero-order valence-corrected chi connectivity index (χ0v) is 16.3. The van der Waals surface area contributed by atoms with E-state index in [2.05, 4.69) is 44.6 Å². The molecule has 1 aliphatic heterocycles. The molecule has 0 saturated heterocycles. The first kappa shape index (κ1) is 18.3. The molecule has 0 aromatic carbocycles. The number of fused-ring (bicyclic) bond motifs is 5. The fraction of sp³-hybridized carbons (Fsp3) is 0.333. The average molecular weight is 375 g/mol. The SMILES string of the molecule is CN(C)CCCCCNc1ncc2c(n1)-c1cccnc1Nc1cnccc1-2. The Morgan fingerprint density at radius 2 is 1.89 bits per heavy atom. The molecule has 144 valence electrons. The summed E-state index contributed by atoms with van der Waals surface area (Å²) in [5.74, 6) is 1.43. The van der Waals surface area contributed by atoms with E-state index in [1.54, 1.807) is 12.4 Å². The summed E-state index contributed by atoms with van der Waals surface area (Å²) in [6.07, 6.45) is 10.8. The first-order valence-electron chi connectivity index (χ1n) is 9.65. The lowest BCUT2D eigenvalue weighted by Crippen LogP contribution is -2.13. The number of hydrogen-bond acceptors (Lipinski definition) is 7. The summed E-state index contributed by atoms with van der Waals surface area (Å²) < 4.78 is 0. The number of nitrogens with one attached hydrogen (secondary N) is 2. The Labute approximate surface area is 165 Å². The third-order valence-electron chi connectivity index (χ3n) is 4.78. The molecule has 7 heteroatoms. The van der Waals surface area contributed by atoms with Gasteiger partial charge in [-0.2, -0.15) is 0 Å². The van der Waals surface area contributed by atoms with Gasteiger partial charge in [0.05, 0.1) is 17.6 Å². The molecule has 0 fully saturated rings. The summed E-state index contributed by atoms with van der Waals surface area (Å²) in [6, 6.07) is 5.94. The zero-order valence-electron chi connectivity index (χ0n) is 16.3. The monoisotopic (exact) mass is 375 g/mol. The Kier molecular flexibility index (Phi) is 5.43. The molecule has 2 N–H and O–H groups in total. The molecule has 1 aliphatic rings. The van der Waals surface area contributed by atoms with Gasteiger partial charge in [-0.1, -0.05) is 6.42 Å². The van der Waals surface area contributed by atoms with Gasteiger partial charge in [0.25, 0.3) is 0 Å². The van der Waals surface area contributed by atoms with Gasteiger partial charge in [0.2, 0.25) is 5.95 Å². The maximum absolute atomic E-state index is 4.83. The second-order valence-corrected chi connectivity index (χ2v) is 7.19. The third kappa shape index (κ3) is 3.94. The van der Waals surface area contributed by atoms with E-state index in [1.165, 1.54) is 12.8 Å². The topological polar surface area (TPSA) is 78.9 Å². The minimum Gasteiger partial charge on any atom is -0.354 e. The molecule has 0 bridgehead atoms. The molecule has 4 rings (SSSR count). The maximum atomic E-state index is 4.83. The van der Waals surface area contributed by atoms with Gasteiger partial charge in [-0.3, -0.25) is 4.98 Å². The van der Waals surface area contributed by atoms with Gasteiger partial charge in [0, 0.05) is 41.8 Å². The van der Waals surface area contributed by atoms with Crippen molar-refractivity contribution in [1.29, 1.82) is 0 Å². The summed E-state index contributed by atoms with van der Waals surface area (Å²) >= 11 is 0. The number of unbranched alkanes of at least 4 members (excludes halogenated alkanes) is 2. The van der Waals surface area contributed by atoms with E-state index in [1.807, 2.05) is 30.6 Å². The van der Waals surface area contributed by atoms with Gasteiger partial charge in [-0.15, -0.1) is 0 Å². The molecule has 0 radical (unpaired) electrons. The standard InChI is InChI=1S/C21H25N7/c1-28(2)12-5-3-4-9-24-21-25-13-17-15-8-11-22-14-18(15)26-20-16(19(17)27-21)7-6-10-23-20/h6-8,10-11,13-14H,3-5,9,12H2,1-2H3,(H,23,26)(H,24,25,27). The largest absolute Gasteiger partial charge is 0.354 e. The lowest BCUT2D eigenvalue weighted by Gasteiger charge is -2.11. The van der Waals surface area contributed by atoms with Crippen molar-refractivity contribution in [2.75, 3.05) is 37.8 Å². The second kappa shape index (κ2) is 8.31. The molecule has 0 unspecified atom stereocenters. The van der Waals surface area contributed by atoms with Crippen molar-refractivity contribution < 1.29 is 0 Å². The van der Waals surface area contributed by atoms with Crippen molar-refractivity contribution in [1.82, 2.24) is 24.8 Å². The minimum atomic E-state index is 0.652. The summed E-state index contributed by atoms with van der Waals surface area (Å²) in [5, 5.41) is 6.75. The average Bonchev–Trinajstić information content (AvgIpc) is 2.85. The molecule has 0 spiro atoms. The van der Waals surface area contributed by atoms with Crippen LogP contribution in [0.4, 0.5) is 17.5 Å². The Morgan fingerprint density at radius 3 is 2.79 bits per heavy atom. The van der Waals surface area contributed by atoms with E-state index in [9.17, 15) is 0 Å². The Morgan fingerprint density at radius 1 is 0.964 bits per heavy atom. The van der Waals surface area contributed by atoms with Crippen molar-refractivity contribution in [2.45, 2.75) is 19.3 Å². The van der Waals surface area contributed by atoms with E-state index in [0.29, 0.717) is 5.95 Å². The Balaban J connectivity index is 1.57. The Bertz CT molecular complexity index is 955. The molecule has 3 aromatic rings. The van der Waals surface area contributed by atoms with E-state index < -0.39 is 0 Å². The number of hydrogen-bond donors (Lipinski definition) is 2. The van der Waals surface area contributed by atoms with Gasteiger partial charge in [0.15, 0.2) is 0 Å². The number of nitrogens with zero attached hydrogens (tertiary/aromatic N) is 5. The van der Waals surface area contributed by atoms with Gasteiger partial charge in [-0.25, -0.2) is 15.0 Å². The quantitative estimate of drug-likeness (QED) is 0.476. The highest BCUT2D eigenvalue weighted by molar-refractivity contribution is 5.95. The minimum absolute atomic E-state index is 0.652. The molecule has 0 saturated carbocycles. The summed E-state index contributed by atoms with van der Waals surface area (Å²) in [4.78, 5) is 20.3. The first-order valence-corrected chi connectivity index (χ1v) is 9.65. The van der Waals surface area contributed by atoms with Gasteiger partial charge < -0.3 is 15.5 Å². The summed E-state index contributed by atoms with van der Waals surface area (Å²) in [6.45, 7) is 1.99. The van der Waals surface area contributed by atoms with Crippen LogP contribution in [0.5, 0.6) is 0 Å². The van der Waals surface area contributed by atoms with Crippen LogP contribution >= 0.6 is 0 Å². The molecule has 4 heterocycles. The van der Waals surface area contributed by atoms with Crippen LogP contribution in [0.3, 0.4) is 0 Å². The number of pyridine rings is 2. The Hall–Kier alpha value is -3.06. The molecule has 7 nitrogen and oxygen atoms in total. The van der Waals surface area contributed by atoms with Gasteiger partial charge in [0.1, 0.15) is 5.82 Å². The fourth-order valence-electron chi connectivity index (χ4n) is 3.35. The van der Waals surface area contributed by atoms with Crippen LogP contribution in [-0.4, -0.2) is 52.0 Å². The highest BCUT2D eigenvalue weighted by atomic mass is 15.1. The maximum Gasteiger partial charge on any atom is 0.223 e. The lowest BCUT2D eigenvalue weighted by atomic mass is 10.0. The lowest BCUT2D eigenvalue weighted by molar-refractivity contribution is 0.392. The van der Waals surface area contributed by atoms with Gasteiger partial charge >= 0.3 is 0 Å². The highest BCUT2D eigenvalue weighted by Crippen LogP contribution is 2.41. The van der Waals surface area contributed by atoms with Crippen LogP contribution in [0, 0.1) is 0 Å². The predicted octanol–water partition coefficient (Wildman–Crippen LogP) is 3.80. The van der Waals surface area contributed by atoms with E-state index in [4.69, 9.17) is 4.98 Å². The molecular weight excluding hydrogens is 350 g/mol.